The van der Waals surface area contributed by atoms with Gasteiger partial charge in [-0.25, -0.2) is 0 Å². The standard InChI is InChI=1S/C15H11ClO/c16-15(17)12-7-8-14-11(9-12)6-5-10-3-1-2-4-13(10)14/h1-4,7-9H,5-6H2. The van der Waals surface area contributed by atoms with E-state index in [-0.39, 0.29) is 5.24 Å². The van der Waals surface area contributed by atoms with Crippen LogP contribution in [0.5, 0.6) is 0 Å². The third-order valence-corrected chi connectivity index (χ3v) is 3.52. The maximum Gasteiger partial charge on any atom is 0.252 e. The van der Waals surface area contributed by atoms with Crippen molar-refractivity contribution in [3.63, 3.8) is 0 Å². The lowest BCUT2D eigenvalue weighted by Gasteiger charge is -2.19. The van der Waals surface area contributed by atoms with Crippen molar-refractivity contribution in [2.45, 2.75) is 12.8 Å². The molecular weight excluding hydrogens is 232 g/mol. The van der Waals surface area contributed by atoms with Crippen molar-refractivity contribution in [3.8, 4) is 11.1 Å². The molecule has 0 radical (unpaired) electrons. The van der Waals surface area contributed by atoms with Crippen molar-refractivity contribution < 1.29 is 4.79 Å². The third-order valence-electron chi connectivity index (χ3n) is 3.30. The molecule has 3 rings (SSSR count). The van der Waals surface area contributed by atoms with E-state index in [1.165, 1.54) is 22.3 Å². The number of rotatable bonds is 1. The van der Waals surface area contributed by atoms with Crippen molar-refractivity contribution in [2.75, 3.05) is 0 Å². The van der Waals surface area contributed by atoms with Crippen LogP contribution in [0.25, 0.3) is 11.1 Å². The monoisotopic (exact) mass is 242 g/mol. The number of hydrogen-bond acceptors (Lipinski definition) is 1. The van der Waals surface area contributed by atoms with Gasteiger partial charge in [-0.1, -0.05) is 30.3 Å². The van der Waals surface area contributed by atoms with Crippen molar-refractivity contribution in [1.82, 2.24) is 0 Å². The summed E-state index contributed by atoms with van der Waals surface area (Å²) in [5.41, 5.74) is 5.70. The van der Waals surface area contributed by atoms with Gasteiger partial charge in [-0.2, -0.15) is 0 Å². The SMILES string of the molecule is O=C(Cl)c1ccc2c(c1)CCc1ccccc1-2. The molecule has 0 aliphatic heterocycles. The molecule has 0 unspecified atom stereocenters. The Balaban J connectivity index is 2.18. The van der Waals surface area contributed by atoms with Crippen LogP contribution in [0.2, 0.25) is 0 Å². The Kier molecular flexibility index (Phi) is 2.49. The number of fused-ring (bicyclic) bond motifs is 3. The maximum atomic E-state index is 11.1. The summed E-state index contributed by atoms with van der Waals surface area (Å²) in [6.07, 6.45) is 2.01. The lowest BCUT2D eigenvalue weighted by Crippen LogP contribution is -2.05. The molecule has 1 nitrogen and oxygen atoms in total. The molecule has 2 aromatic carbocycles. The van der Waals surface area contributed by atoms with E-state index >= 15 is 0 Å². The second-order valence-corrected chi connectivity index (χ2v) is 4.65. The second-order valence-electron chi connectivity index (χ2n) is 4.30. The molecule has 2 heteroatoms. The molecular formula is C15H11ClO. The largest absolute Gasteiger partial charge is 0.276 e. The van der Waals surface area contributed by atoms with Crippen LogP contribution in [0, 0.1) is 0 Å². The van der Waals surface area contributed by atoms with Crippen molar-refractivity contribution >= 4 is 16.8 Å². The number of aryl methyl sites for hydroxylation is 2. The predicted molar refractivity (Wildman–Crippen MR) is 69.5 cm³/mol. The molecule has 0 aromatic heterocycles. The Bertz CT molecular complexity index is 602. The van der Waals surface area contributed by atoms with Gasteiger partial charge < -0.3 is 0 Å². The minimum absolute atomic E-state index is 0.383. The zero-order chi connectivity index (χ0) is 11.8. The van der Waals surface area contributed by atoms with E-state index < -0.39 is 0 Å². The van der Waals surface area contributed by atoms with Crippen molar-refractivity contribution in [3.05, 3.63) is 59.2 Å². The van der Waals surface area contributed by atoms with Gasteiger partial charge in [0.15, 0.2) is 0 Å². The molecule has 0 fully saturated rings. The molecule has 0 heterocycles. The molecule has 0 bridgehead atoms. The first kappa shape index (κ1) is 10.5. The van der Waals surface area contributed by atoms with Crippen LogP contribution in [0.15, 0.2) is 42.5 Å². The Morgan fingerprint density at radius 1 is 0.941 bits per heavy atom. The zero-order valence-corrected chi connectivity index (χ0v) is 10.00. The van der Waals surface area contributed by atoms with E-state index in [2.05, 4.69) is 24.3 Å². The molecule has 2 aromatic rings. The molecule has 1 aliphatic rings. The van der Waals surface area contributed by atoms with E-state index in [0.29, 0.717) is 5.56 Å². The molecule has 0 N–H and O–H groups in total. The number of hydrogen-bond donors (Lipinski definition) is 0. The highest BCUT2D eigenvalue weighted by atomic mass is 35.5. The molecule has 0 saturated heterocycles. The minimum Gasteiger partial charge on any atom is -0.276 e. The van der Waals surface area contributed by atoms with E-state index in [4.69, 9.17) is 11.6 Å². The van der Waals surface area contributed by atoms with Crippen LogP contribution in [0.3, 0.4) is 0 Å². The molecule has 0 saturated carbocycles. The van der Waals surface area contributed by atoms with Gasteiger partial charge in [-0.3, -0.25) is 4.79 Å². The third kappa shape index (κ3) is 1.77. The van der Waals surface area contributed by atoms with Crippen LogP contribution >= 0.6 is 11.6 Å². The second kappa shape index (κ2) is 4.01. The molecule has 0 spiro atoms. The number of carbonyl (C=O) groups is 1. The zero-order valence-electron chi connectivity index (χ0n) is 9.24. The summed E-state index contributed by atoms with van der Waals surface area (Å²) in [5.74, 6) is 0. The Labute approximate surface area is 105 Å². The predicted octanol–water partition coefficient (Wildman–Crippen LogP) is 3.83. The van der Waals surface area contributed by atoms with Crippen LogP contribution < -0.4 is 0 Å². The fourth-order valence-electron chi connectivity index (χ4n) is 2.46. The fourth-order valence-corrected chi connectivity index (χ4v) is 2.57. The molecule has 0 amide bonds. The summed E-state index contributed by atoms with van der Waals surface area (Å²) in [6, 6.07) is 14.1. The van der Waals surface area contributed by atoms with Crippen LogP contribution in [-0.2, 0) is 12.8 Å². The summed E-state index contributed by atoms with van der Waals surface area (Å²) in [4.78, 5) is 11.1. The van der Waals surface area contributed by atoms with E-state index in [1.807, 2.05) is 12.1 Å². The van der Waals surface area contributed by atoms with Crippen LogP contribution in [0.1, 0.15) is 21.5 Å². The van der Waals surface area contributed by atoms with Crippen LogP contribution in [-0.4, -0.2) is 5.24 Å². The van der Waals surface area contributed by atoms with Crippen molar-refractivity contribution in [1.29, 1.82) is 0 Å². The fraction of sp³-hybridized carbons (Fsp3) is 0.133. The normalized spacial score (nSPS) is 12.8. The van der Waals surface area contributed by atoms with E-state index in [1.54, 1.807) is 6.07 Å². The first-order valence-corrected chi connectivity index (χ1v) is 6.04. The van der Waals surface area contributed by atoms with Crippen molar-refractivity contribution in [2.24, 2.45) is 0 Å². The summed E-state index contributed by atoms with van der Waals surface area (Å²) in [5, 5.41) is -0.383. The first-order chi connectivity index (χ1) is 8.25. The Morgan fingerprint density at radius 3 is 2.47 bits per heavy atom. The molecule has 1 aliphatic carbocycles. The summed E-state index contributed by atoms with van der Waals surface area (Å²) in [7, 11) is 0. The highest BCUT2D eigenvalue weighted by Gasteiger charge is 2.16. The number of carbonyl (C=O) groups excluding carboxylic acids is 1. The average molecular weight is 243 g/mol. The van der Waals surface area contributed by atoms with Gasteiger partial charge >= 0.3 is 0 Å². The summed E-state index contributed by atoms with van der Waals surface area (Å²) in [6.45, 7) is 0. The molecule has 0 atom stereocenters. The smallest absolute Gasteiger partial charge is 0.252 e. The lowest BCUT2D eigenvalue weighted by atomic mass is 9.85. The van der Waals surface area contributed by atoms with Gasteiger partial charge in [0.25, 0.3) is 5.24 Å². The summed E-state index contributed by atoms with van der Waals surface area (Å²) >= 11 is 5.51. The highest BCUT2D eigenvalue weighted by molar-refractivity contribution is 6.67. The molecule has 84 valence electrons. The van der Waals surface area contributed by atoms with Gasteiger partial charge in [0.1, 0.15) is 0 Å². The topological polar surface area (TPSA) is 17.1 Å². The first-order valence-electron chi connectivity index (χ1n) is 5.67. The van der Waals surface area contributed by atoms with Gasteiger partial charge in [-0.15, -0.1) is 0 Å². The van der Waals surface area contributed by atoms with E-state index in [0.717, 1.165) is 12.8 Å². The highest BCUT2D eigenvalue weighted by Crippen LogP contribution is 2.33. The maximum absolute atomic E-state index is 11.1. The number of benzene rings is 2. The van der Waals surface area contributed by atoms with Crippen LogP contribution in [0.4, 0.5) is 0 Å². The van der Waals surface area contributed by atoms with Gasteiger partial charge in [0, 0.05) is 5.56 Å². The van der Waals surface area contributed by atoms with Gasteiger partial charge in [0.2, 0.25) is 0 Å². The average Bonchev–Trinajstić information content (AvgIpc) is 2.38. The van der Waals surface area contributed by atoms with E-state index in [9.17, 15) is 4.79 Å². The quantitative estimate of drug-likeness (QED) is 0.695. The van der Waals surface area contributed by atoms with Gasteiger partial charge in [0.05, 0.1) is 0 Å². The Hall–Kier alpha value is -1.60. The summed E-state index contributed by atoms with van der Waals surface area (Å²) < 4.78 is 0. The minimum atomic E-state index is -0.383. The molecule has 17 heavy (non-hydrogen) atoms. The Morgan fingerprint density at radius 2 is 1.65 bits per heavy atom. The lowest BCUT2D eigenvalue weighted by molar-refractivity contribution is 0.108. The number of halogens is 1. The van der Waals surface area contributed by atoms with Gasteiger partial charge in [-0.05, 0) is 58.8 Å².